The van der Waals surface area contributed by atoms with Crippen molar-refractivity contribution in [2.45, 2.75) is 40.7 Å². The number of hydrogen-bond donors (Lipinski definition) is 2. The summed E-state index contributed by atoms with van der Waals surface area (Å²) in [6, 6.07) is 4.37. The van der Waals surface area contributed by atoms with Crippen LogP contribution in [0.25, 0.3) is 10.6 Å². The molecule has 0 aliphatic carbocycles. The Balaban J connectivity index is 1.54. The van der Waals surface area contributed by atoms with Gasteiger partial charge in [0, 0.05) is 28.2 Å². The van der Waals surface area contributed by atoms with Crippen LogP contribution >= 0.6 is 34.0 Å². The lowest BCUT2D eigenvalue weighted by Gasteiger charge is -2.10. The molecule has 0 bridgehead atoms. The highest BCUT2D eigenvalue weighted by Crippen LogP contribution is 2.29. The summed E-state index contributed by atoms with van der Waals surface area (Å²) in [7, 11) is 0. The Morgan fingerprint density at radius 3 is 2.59 bits per heavy atom. The largest absolute Gasteiger partial charge is 0.357 e. The van der Waals surface area contributed by atoms with Gasteiger partial charge in [-0.05, 0) is 46.2 Å². The molecule has 27 heavy (non-hydrogen) atoms. The number of thiophene rings is 1. The molecular formula is C19H25N5S3. The Bertz CT molecular complexity index is 906. The lowest BCUT2D eigenvalue weighted by Crippen LogP contribution is -2.38. The number of aryl methyl sites for hydroxylation is 3. The van der Waals surface area contributed by atoms with Gasteiger partial charge in [-0.2, -0.15) is 0 Å². The highest BCUT2D eigenvalue weighted by atomic mass is 32.1. The van der Waals surface area contributed by atoms with Crippen LogP contribution in [0.1, 0.15) is 32.4 Å². The summed E-state index contributed by atoms with van der Waals surface area (Å²) in [5.41, 5.74) is 2.17. The highest BCUT2D eigenvalue weighted by Gasteiger charge is 2.07. The summed E-state index contributed by atoms with van der Waals surface area (Å²) in [6.45, 7) is 10.6. The van der Waals surface area contributed by atoms with Gasteiger partial charge in [-0.3, -0.25) is 0 Å². The number of guanidine groups is 1. The number of aliphatic imine (C=N–C) groups is 1. The van der Waals surface area contributed by atoms with Crippen LogP contribution in [-0.2, 0) is 13.0 Å². The number of rotatable bonds is 7. The molecule has 0 saturated carbocycles. The minimum Gasteiger partial charge on any atom is -0.357 e. The number of nitrogens with one attached hydrogen (secondary N) is 2. The average Bonchev–Trinajstić information content (AvgIpc) is 3.33. The van der Waals surface area contributed by atoms with Crippen LogP contribution in [0.3, 0.4) is 0 Å². The minimum absolute atomic E-state index is 0.666. The molecule has 5 nitrogen and oxygen atoms in total. The van der Waals surface area contributed by atoms with E-state index in [4.69, 9.17) is 4.99 Å². The molecule has 0 spiro atoms. The summed E-state index contributed by atoms with van der Waals surface area (Å²) >= 11 is 5.23. The van der Waals surface area contributed by atoms with Gasteiger partial charge in [-0.1, -0.05) is 0 Å². The van der Waals surface area contributed by atoms with Crippen LogP contribution in [0.15, 0.2) is 22.5 Å². The van der Waals surface area contributed by atoms with Gasteiger partial charge < -0.3 is 10.6 Å². The third-order valence-corrected chi connectivity index (χ3v) is 6.92. The van der Waals surface area contributed by atoms with Gasteiger partial charge in [0.2, 0.25) is 0 Å². The van der Waals surface area contributed by atoms with Crippen molar-refractivity contribution in [3.63, 3.8) is 0 Å². The van der Waals surface area contributed by atoms with E-state index in [1.165, 1.54) is 14.6 Å². The van der Waals surface area contributed by atoms with E-state index >= 15 is 0 Å². The molecule has 0 saturated heterocycles. The third-order valence-electron chi connectivity index (χ3n) is 3.92. The van der Waals surface area contributed by atoms with Gasteiger partial charge in [-0.15, -0.1) is 34.0 Å². The molecule has 0 fully saturated rings. The monoisotopic (exact) mass is 419 g/mol. The number of thiazole rings is 2. The second-order valence-corrected chi connectivity index (χ2v) is 9.65. The fraction of sp³-hybridized carbons (Fsp3) is 0.421. The first-order chi connectivity index (χ1) is 13.0. The lowest BCUT2D eigenvalue weighted by molar-refractivity contribution is 0.805. The molecule has 0 aromatic carbocycles. The molecular weight excluding hydrogens is 394 g/mol. The number of aromatic nitrogens is 2. The SMILES string of the molecule is CCNC(=NCc1sc(C)nc1C)NCCc1ccc(-c2csc(C)n2)s1. The standard InChI is InChI=1S/C19H25N5S3/c1-5-20-19(22-10-18-12(2)23-14(4)26-18)21-9-8-15-6-7-17(27-15)16-11-25-13(3)24-16/h6-7,11H,5,8-10H2,1-4H3,(H2,20,21,22). The molecule has 3 aromatic rings. The molecule has 8 heteroatoms. The van der Waals surface area contributed by atoms with E-state index in [9.17, 15) is 0 Å². The summed E-state index contributed by atoms with van der Waals surface area (Å²) in [5.74, 6) is 0.856. The Labute approximate surface area is 172 Å². The first-order valence-electron chi connectivity index (χ1n) is 9.01. The Hall–Kier alpha value is -1.77. The van der Waals surface area contributed by atoms with Crippen LogP contribution in [0, 0.1) is 20.8 Å². The molecule has 0 aliphatic heterocycles. The average molecular weight is 420 g/mol. The summed E-state index contributed by atoms with van der Waals surface area (Å²) in [5, 5.41) is 11.1. The molecule has 2 N–H and O–H groups in total. The first kappa shape index (κ1) is 20.0. The second kappa shape index (κ2) is 9.43. The lowest BCUT2D eigenvalue weighted by atomic mass is 10.3. The Morgan fingerprint density at radius 2 is 1.93 bits per heavy atom. The number of nitrogens with zero attached hydrogens (tertiary/aromatic N) is 3. The maximum absolute atomic E-state index is 4.70. The van der Waals surface area contributed by atoms with Crippen molar-refractivity contribution in [3.05, 3.63) is 43.0 Å². The zero-order valence-corrected chi connectivity index (χ0v) is 18.6. The van der Waals surface area contributed by atoms with Crippen molar-refractivity contribution in [2.24, 2.45) is 4.99 Å². The maximum atomic E-state index is 4.70. The van der Waals surface area contributed by atoms with Gasteiger partial charge in [0.1, 0.15) is 0 Å². The zero-order chi connectivity index (χ0) is 19.2. The Kier molecular flexibility index (Phi) is 6.98. The fourth-order valence-electron chi connectivity index (χ4n) is 2.64. The highest BCUT2D eigenvalue weighted by molar-refractivity contribution is 7.16. The van der Waals surface area contributed by atoms with Crippen molar-refractivity contribution >= 4 is 40.0 Å². The molecule has 0 atom stereocenters. The molecule has 3 aromatic heterocycles. The van der Waals surface area contributed by atoms with Crippen LogP contribution in [0.2, 0.25) is 0 Å². The van der Waals surface area contributed by atoms with E-state index in [1.54, 1.807) is 22.7 Å². The van der Waals surface area contributed by atoms with Crippen LogP contribution in [0.4, 0.5) is 0 Å². The third kappa shape index (κ3) is 5.60. The second-order valence-electron chi connectivity index (χ2n) is 6.13. The van der Waals surface area contributed by atoms with Gasteiger partial charge in [0.25, 0.3) is 0 Å². The Morgan fingerprint density at radius 1 is 1.07 bits per heavy atom. The molecule has 3 rings (SSSR count). The summed E-state index contributed by atoms with van der Waals surface area (Å²) in [6.07, 6.45) is 0.969. The molecule has 3 heterocycles. The van der Waals surface area contributed by atoms with Crippen molar-refractivity contribution in [1.29, 1.82) is 0 Å². The molecule has 0 amide bonds. The minimum atomic E-state index is 0.666. The van der Waals surface area contributed by atoms with Crippen molar-refractivity contribution in [1.82, 2.24) is 20.6 Å². The van der Waals surface area contributed by atoms with Crippen LogP contribution < -0.4 is 10.6 Å². The normalized spacial score (nSPS) is 11.8. The van der Waals surface area contributed by atoms with Crippen molar-refractivity contribution < 1.29 is 0 Å². The topological polar surface area (TPSA) is 62.2 Å². The molecule has 0 unspecified atom stereocenters. The molecule has 0 radical (unpaired) electrons. The van der Waals surface area contributed by atoms with E-state index in [1.807, 2.05) is 32.1 Å². The smallest absolute Gasteiger partial charge is 0.191 e. The summed E-state index contributed by atoms with van der Waals surface area (Å²) < 4.78 is 0. The predicted molar refractivity (Wildman–Crippen MR) is 118 cm³/mol. The van der Waals surface area contributed by atoms with Gasteiger partial charge in [-0.25, -0.2) is 15.0 Å². The van der Waals surface area contributed by atoms with Gasteiger partial charge >= 0.3 is 0 Å². The number of hydrogen-bond acceptors (Lipinski definition) is 6. The zero-order valence-electron chi connectivity index (χ0n) is 16.1. The van der Waals surface area contributed by atoms with Gasteiger partial charge in [0.05, 0.1) is 32.8 Å². The first-order valence-corrected chi connectivity index (χ1v) is 11.5. The van der Waals surface area contributed by atoms with Crippen molar-refractivity contribution in [2.75, 3.05) is 13.1 Å². The molecule has 0 aliphatic rings. The maximum Gasteiger partial charge on any atom is 0.191 e. The van der Waals surface area contributed by atoms with Crippen LogP contribution in [0.5, 0.6) is 0 Å². The van der Waals surface area contributed by atoms with Crippen molar-refractivity contribution in [3.8, 4) is 10.6 Å². The predicted octanol–water partition coefficient (Wildman–Crippen LogP) is 4.55. The quantitative estimate of drug-likeness (QED) is 0.436. The van der Waals surface area contributed by atoms with Crippen LogP contribution in [-0.4, -0.2) is 29.0 Å². The van der Waals surface area contributed by atoms with E-state index in [2.05, 4.69) is 45.0 Å². The van der Waals surface area contributed by atoms with E-state index in [0.29, 0.717) is 6.54 Å². The van der Waals surface area contributed by atoms with E-state index in [-0.39, 0.29) is 0 Å². The summed E-state index contributed by atoms with van der Waals surface area (Å²) in [4.78, 5) is 17.6. The van der Waals surface area contributed by atoms with E-state index in [0.717, 1.165) is 46.9 Å². The van der Waals surface area contributed by atoms with E-state index < -0.39 is 0 Å². The fourth-order valence-corrected chi connectivity index (χ4v) is 5.16. The van der Waals surface area contributed by atoms with Gasteiger partial charge in [0.15, 0.2) is 5.96 Å². The molecule has 144 valence electrons.